The molecule has 3 aromatic rings. The molecule has 2 heterocycles. The summed E-state index contributed by atoms with van der Waals surface area (Å²) in [5, 5.41) is 31.7. The molecule has 178 valence electrons. The molecule has 1 aliphatic heterocycles. The molecule has 0 unspecified atom stereocenters. The normalized spacial score (nSPS) is 15.6. The summed E-state index contributed by atoms with van der Waals surface area (Å²) < 4.78 is 0. The number of aryl methyl sites for hydroxylation is 3. The molecule has 2 aromatic carbocycles. The number of thiophene rings is 1. The Kier molecular flexibility index (Phi) is 6.04. The standard InChI is InChI=1S/C26H21NO7S/c1-12-7-14(3)18(8-13(12)2)21-20(22(28)19-5-4-6-35-19)23(29)24(30)27(21)17-10-15(25(31)32)9-16(11-17)26(33)34/h4-11,21,29H,1-3H3,(H,31,32)(H,33,34)/t21-/m1/s1. The third-order valence-corrected chi connectivity index (χ3v) is 6.93. The van der Waals surface area contributed by atoms with Crippen molar-refractivity contribution in [1.29, 1.82) is 0 Å². The minimum absolute atomic E-state index is 0.0598. The number of nitrogens with zero attached hydrogens (tertiary/aromatic N) is 1. The van der Waals surface area contributed by atoms with E-state index in [2.05, 4.69) is 0 Å². The molecule has 0 spiro atoms. The van der Waals surface area contributed by atoms with Crippen LogP contribution in [0.4, 0.5) is 5.69 Å². The van der Waals surface area contributed by atoms with E-state index >= 15 is 0 Å². The van der Waals surface area contributed by atoms with E-state index < -0.39 is 35.4 Å². The lowest BCUT2D eigenvalue weighted by molar-refractivity contribution is -0.117. The summed E-state index contributed by atoms with van der Waals surface area (Å²) in [4.78, 5) is 51.6. The predicted octanol–water partition coefficient (Wildman–Crippen LogP) is 4.85. The maximum atomic E-state index is 13.5. The number of benzene rings is 2. The summed E-state index contributed by atoms with van der Waals surface area (Å²) in [7, 11) is 0. The first-order chi connectivity index (χ1) is 16.5. The molecular formula is C26H21NO7S. The van der Waals surface area contributed by atoms with E-state index in [4.69, 9.17) is 0 Å². The highest BCUT2D eigenvalue weighted by molar-refractivity contribution is 7.12. The van der Waals surface area contributed by atoms with Crippen molar-refractivity contribution in [2.45, 2.75) is 26.8 Å². The van der Waals surface area contributed by atoms with Crippen LogP contribution in [0.25, 0.3) is 0 Å². The molecule has 0 saturated heterocycles. The van der Waals surface area contributed by atoms with Crippen LogP contribution in [0.2, 0.25) is 0 Å². The second-order valence-corrected chi connectivity index (χ2v) is 9.27. The SMILES string of the molecule is Cc1cc(C)c([C@@H]2C(C(=O)c3cccs3)=C(O)C(=O)N2c2cc(C(=O)O)cc(C(=O)O)c2)cc1C. The molecule has 0 bridgehead atoms. The molecule has 4 rings (SSSR count). The molecule has 1 amide bonds. The van der Waals surface area contributed by atoms with Crippen molar-refractivity contribution < 1.29 is 34.5 Å². The minimum atomic E-state index is -1.38. The van der Waals surface area contributed by atoms with Gasteiger partial charge in [-0.25, -0.2) is 9.59 Å². The van der Waals surface area contributed by atoms with Crippen molar-refractivity contribution in [2.75, 3.05) is 4.90 Å². The molecule has 8 nitrogen and oxygen atoms in total. The zero-order valence-corrected chi connectivity index (χ0v) is 19.8. The monoisotopic (exact) mass is 491 g/mol. The first-order valence-corrected chi connectivity index (χ1v) is 11.4. The fraction of sp³-hybridized carbons (Fsp3) is 0.154. The number of hydrogen-bond donors (Lipinski definition) is 3. The second kappa shape index (κ2) is 8.84. The maximum absolute atomic E-state index is 13.5. The van der Waals surface area contributed by atoms with E-state index in [1.165, 1.54) is 0 Å². The molecule has 0 aliphatic carbocycles. The van der Waals surface area contributed by atoms with Crippen LogP contribution in [0, 0.1) is 20.8 Å². The lowest BCUT2D eigenvalue weighted by atomic mass is 9.89. The Balaban J connectivity index is 2.00. The molecule has 1 aromatic heterocycles. The Morgan fingerprint density at radius 3 is 2.03 bits per heavy atom. The van der Waals surface area contributed by atoms with E-state index in [1.807, 2.05) is 32.9 Å². The van der Waals surface area contributed by atoms with Gasteiger partial charge in [0.2, 0.25) is 5.78 Å². The van der Waals surface area contributed by atoms with Crippen molar-refractivity contribution in [2.24, 2.45) is 0 Å². The van der Waals surface area contributed by atoms with Gasteiger partial charge in [-0.15, -0.1) is 11.3 Å². The molecule has 35 heavy (non-hydrogen) atoms. The van der Waals surface area contributed by atoms with Gasteiger partial charge in [0.25, 0.3) is 5.91 Å². The van der Waals surface area contributed by atoms with Crippen molar-refractivity contribution in [3.63, 3.8) is 0 Å². The van der Waals surface area contributed by atoms with Gasteiger partial charge in [0.1, 0.15) is 0 Å². The van der Waals surface area contributed by atoms with Crippen LogP contribution < -0.4 is 4.90 Å². The highest BCUT2D eigenvalue weighted by atomic mass is 32.1. The molecule has 0 saturated carbocycles. The zero-order chi connectivity index (χ0) is 25.6. The van der Waals surface area contributed by atoms with Crippen molar-refractivity contribution in [1.82, 2.24) is 0 Å². The Bertz CT molecular complexity index is 1400. The maximum Gasteiger partial charge on any atom is 0.335 e. The number of carboxylic acid groups (broad SMARTS) is 2. The average molecular weight is 492 g/mol. The number of rotatable bonds is 6. The van der Waals surface area contributed by atoms with Gasteiger partial charge in [0.05, 0.1) is 27.6 Å². The fourth-order valence-electron chi connectivity index (χ4n) is 4.21. The van der Waals surface area contributed by atoms with E-state index in [0.717, 1.165) is 51.1 Å². The van der Waals surface area contributed by atoms with Crippen LogP contribution in [-0.2, 0) is 4.79 Å². The van der Waals surface area contributed by atoms with Crippen LogP contribution in [-0.4, -0.2) is 38.9 Å². The Morgan fingerprint density at radius 1 is 0.886 bits per heavy atom. The smallest absolute Gasteiger partial charge is 0.335 e. The van der Waals surface area contributed by atoms with Gasteiger partial charge in [0.15, 0.2) is 5.76 Å². The van der Waals surface area contributed by atoms with Gasteiger partial charge < -0.3 is 15.3 Å². The summed E-state index contributed by atoms with van der Waals surface area (Å²) in [6, 6.07) is 9.16. The van der Waals surface area contributed by atoms with E-state index in [0.29, 0.717) is 10.4 Å². The predicted molar refractivity (Wildman–Crippen MR) is 130 cm³/mol. The van der Waals surface area contributed by atoms with E-state index in [-0.39, 0.29) is 22.4 Å². The molecule has 9 heteroatoms. The number of carbonyl (C=O) groups excluding carboxylic acids is 2. The lowest BCUT2D eigenvalue weighted by Crippen LogP contribution is -2.32. The van der Waals surface area contributed by atoms with E-state index in [9.17, 15) is 34.5 Å². The van der Waals surface area contributed by atoms with Crippen LogP contribution in [0.3, 0.4) is 0 Å². The topological polar surface area (TPSA) is 132 Å². The summed E-state index contributed by atoms with van der Waals surface area (Å²) in [5.74, 6) is -4.99. The Hall–Kier alpha value is -4.24. The minimum Gasteiger partial charge on any atom is -0.503 e. The van der Waals surface area contributed by atoms with Gasteiger partial charge in [-0.05, 0) is 72.7 Å². The number of hydrogen-bond acceptors (Lipinski definition) is 6. The van der Waals surface area contributed by atoms with Crippen molar-refractivity contribution >= 4 is 40.7 Å². The number of anilines is 1. The third kappa shape index (κ3) is 4.10. The molecular weight excluding hydrogens is 470 g/mol. The summed E-state index contributed by atoms with van der Waals surface area (Å²) in [6.45, 7) is 5.60. The molecule has 1 aliphatic rings. The summed E-state index contributed by atoms with van der Waals surface area (Å²) >= 11 is 1.16. The van der Waals surface area contributed by atoms with E-state index in [1.54, 1.807) is 17.5 Å². The quantitative estimate of drug-likeness (QED) is 0.420. The van der Waals surface area contributed by atoms with Crippen LogP contribution in [0.1, 0.15) is 58.7 Å². The Labute approximate surface area is 204 Å². The van der Waals surface area contributed by atoms with Gasteiger partial charge in [-0.1, -0.05) is 18.2 Å². The van der Waals surface area contributed by atoms with Crippen LogP contribution in [0.5, 0.6) is 0 Å². The molecule has 0 radical (unpaired) electrons. The third-order valence-electron chi connectivity index (χ3n) is 6.06. The highest BCUT2D eigenvalue weighted by Crippen LogP contribution is 2.44. The summed E-state index contributed by atoms with van der Waals surface area (Å²) in [6.07, 6.45) is 0. The average Bonchev–Trinajstić information content (AvgIpc) is 3.43. The number of aliphatic hydroxyl groups excluding tert-OH is 1. The summed E-state index contributed by atoms with van der Waals surface area (Å²) in [5.41, 5.74) is 2.27. The van der Waals surface area contributed by atoms with Crippen LogP contribution >= 0.6 is 11.3 Å². The Morgan fingerprint density at radius 2 is 1.49 bits per heavy atom. The highest BCUT2D eigenvalue weighted by Gasteiger charge is 2.45. The fourth-order valence-corrected chi connectivity index (χ4v) is 4.89. The number of carboxylic acids is 2. The molecule has 1 atom stereocenters. The van der Waals surface area contributed by atoms with Crippen LogP contribution in [0.15, 0.2) is 59.2 Å². The van der Waals surface area contributed by atoms with Gasteiger partial charge in [-0.3, -0.25) is 14.5 Å². The first kappa shape index (κ1) is 23.9. The molecule has 3 N–H and O–H groups in total. The molecule has 0 fully saturated rings. The van der Waals surface area contributed by atoms with Gasteiger partial charge in [-0.2, -0.15) is 0 Å². The second-order valence-electron chi connectivity index (χ2n) is 8.32. The van der Waals surface area contributed by atoms with Gasteiger partial charge >= 0.3 is 11.9 Å². The first-order valence-electron chi connectivity index (χ1n) is 10.6. The number of Topliss-reactive ketones (excluding diaryl/α,β-unsaturated/α-hetero) is 1. The number of aliphatic hydroxyl groups is 1. The number of carbonyl (C=O) groups is 4. The largest absolute Gasteiger partial charge is 0.503 e. The lowest BCUT2D eigenvalue weighted by Gasteiger charge is -2.29. The number of amides is 1. The van der Waals surface area contributed by atoms with Crippen molar-refractivity contribution in [3.05, 3.63) is 97.4 Å². The number of aromatic carboxylic acids is 2. The zero-order valence-electron chi connectivity index (χ0n) is 19.0. The number of ketones is 1. The van der Waals surface area contributed by atoms with Gasteiger partial charge in [0, 0.05) is 5.69 Å². The van der Waals surface area contributed by atoms with Crippen molar-refractivity contribution in [3.8, 4) is 0 Å².